The summed E-state index contributed by atoms with van der Waals surface area (Å²) in [5.74, 6) is 0.979. The topological polar surface area (TPSA) is 50.7 Å². The van der Waals surface area contributed by atoms with Crippen molar-refractivity contribution < 1.29 is 19.0 Å². The molecular weight excluding hydrogens is 309 g/mol. The Labute approximate surface area is 142 Å². The Morgan fingerprint density at radius 2 is 1.83 bits per heavy atom. The van der Waals surface area contributed by atoms with Crippen LogP contribution in [0.1, 0.15) is 37.1 Å². The lowest BCUT2D eigenvalue weighted by Gasteiger charge is -2.22. The van der Waals surface area contributed by atoms with Crippen LogP contribution < -0.4 is 14.8 Å². The number of nitrogens with one attached hydrogen (secondary N) is 1. The summed E-state index contributed by atoms with van der Waals surface area (Å²) >= 11 is 0. The molecule has 130 valence electrons. The minimum Gasteiger partial charge on any atom is -0.493 e. The van der Waals surface area contributed by atoms with Gasteiger partial charge in [0.2, 0.25) is 0 Å². The fourth-order valence-corrected chi connectivity index (χ4v) is 2.62. The number of methoxy groups -OCH3 is 1. The largest absolute Gasteiger partial charge is 0.493 e. The summed E-state index contributed by atoms with van der Waals surface area (Å²) in [5, 5.41) is 12.2. The second kappa shape index (κ2) is 8.66. The van der Waals surface area contributed by atoms with Crippen LogP contribution >= 0.6 is 0 Å². The number of halogens is 1. The van der Waals surface area contributed by atoms with Gasteiger partial charge < -0.3 is 19.9 Å². The van der Waals surface area contributed by atoms with Crippen molar-refractivity contribution >= 4 is 0 Å². The van der Waals surface area contributed by atoms with Gasteiger partial charge in [-0.25, -0.2) is 4.39 Å². The molecule has 2 aromatic rings. The van der Waals surface area contributed by atoms with Crippen molar-refractivity contribution in [1.29, 1.82) is 0 Å². The average Bonchev–Trinajstić information content (AvgIpc) is 2.59. The third kappa shape index (κ3) is 4.46. The first kappa shape index (κ1) is 18.2. The van der Waals surface area contributed by atoms with E-state index in [-0.39, 0.29) is 31.1 Å². The van der Waals surface area contributed by atoms with Crippen molar-refractivity contribution in [3.8, 4) is 11.5 Å². The lowest BCUT2D eigenvalue weighted by atomic mass is 10.0. The zero-order valence-corrected chi connectivity index (χ0v) is 14.3. The first-order valence-electron chi connectivity index (χ1n) is 7.99. The molecule has 24 heavy (non-hydrogen) atoms. The van der Waals surface area contributed by atoms with E-state index >= 15 is 0 Å². The summed E-state index contributed by atoms with van der Waals surface area (Å²) in [7, 11) is 1.57. The van der Waals surface area contributed by atoms with E-state index in [1.165, 1.54) is 6.07 Å². The smallest absolute Gasteiger partial charge is 0.161 e. The van der Waals surface area contributed by atoms with E-state index in [9.17, 15) is 4.39 Å². The van der Waals surface area contributed by atoms with Crippen LogP contribution in [-0.4, -0.2) is 25.4 Å². The molecule has 0 spiro atoms. The van der Waals surface area contributed by atoms with Crippen LogP contribution in [0.25, 0.3) is 0 Å². The molecular formula is C19H24FNO3. The van der Waals surface area contributed by atoms with Crippen molar-refractivity contribution in [3.63, 3.8) is 0 Å². The summed E-state index contributed by atoms with van der Waals surface area (Å²) < 4.78 is 24.7. The third-order valence-electron chi connectivity index (χ3n) is 3.91. The van der Waals surface area contributed by atoms with E-state index in [2.05, 4.69) is 5.32 Å². The molecule has 0 saturated heterocycles. The molecule has 0 aliphatic rings. The number of ether oxygens (including phenoxy) is 2. The molecule has 0 aliphatic heterocycles. The molecule has 0 amide bonds. The van der Waals surface area contributed by atoms with E-state index < -0.39 is 0 Å². The zero-order valence-electron chi connectivity index (χ0n) is 14.3. The summed E-state index contributed by atoms with van der Waals surface area (Å²) in [6.45, 7) is 4.11. The minimum absolute atomic E-state index is 0.000368. The molecule has 0 heterocycles. The van der Waals surface area contributed by atoms with Crippen LogP contribution in [-0.2, 0) is 0 Å². The van der Waals surface area contributed by atoms with Crippen LogP contribution in [0, 0.1) is 5.82 Å². The van der Waals surface area contributed by atoms with Crippen molar-refractivity contribution in [2.24, 2.45) is 0 Å². The Hall–Kier alpha value is -2.11. The molecule has 0 fully saturated rings. The van der Waals surface area contributed by atoms with Crippen molar-refractivity contribution in [2.45, 2.75) is 25.9 Å². The number of aliphatic hydroxyl groups excluding tert-OH is 1. The normalized spacial score (nSPS) is 13.4. The predicted molar refractivity (Wildman–Crippen MR) is 91.9 cm³/mol. The molecule has 0 bridgehead atoms. The summed E-state index contributed by atoms with van der Waals surface area (Å²) in [6.07, 6.45) is 0. The van der Waals surface area contributed by atoms with Gasteiger partial charge in [-0.1, -0.05) is 24.3 Å². The molecule has 2 unspecified atom stereocenters. The maximum atomic E-state index is 13.9. The number of aliphatic hydroxyl groups is 1. The van der Waals surface area contributed by atoms with Crippen molar-refractivity contribution in [3.05, 3.63) is 59.4 Å². The van der Waals surface area contributed by atoms with Gasteiger partial charge in [-0.3, -0.25) is 0 Å². The summed E-state index contributed by atoms with van der Waals surface area (Å²) in [5.41, 5.74) is 1.64. The highest BCUT2D eigenvalue weighted by Crippen LogP contribution is 2.31. The van der Waals surface area contributed by atoms with Gasteiger partial charge in [-0.05, 0) is 37.6 Å². The molecule has 4 nitrogen and oxygen atoms in total. The highest BCUT2D eigenvalue weighted by molar-refractivity contribution is 5.43. The van der Waals surface area contributed by atoms with Crippen LogP contribution in [0.3, 0.4) is 0 Å². The number of hydrogen-bond acceptors (Lipinski definition) is 4. The van der Waals surface area contributed by atoms with Gasteiger partial charge in [0.1, 0.15) is 12.4 Å². The number of hydrogen-bond donors (Lipinski definition) is 2. The zero-order chi connectivity index (χ0) is 17.5. The Morgan fingerprint density at radius 1 is 1.08 bits per heavy atom. The summed E-state index contributed by atoms with van der Waals surface area (Å²) in [6, 6.07) is 12.3. The van der Waals surface area contributed by atoms with E-state index in [4.69, 9.17) is 14.6 Å². The fraction of sp³-hybridized carbons (Fsp3) is 0.368. The molecule has 2 atom stereocenters. The maximum absolute atomic E-state index is 13.9. The molecule has 2 N–H and O–H groups in total. The van der Waals surface area contributed by atoms with Gasteiger partial charge in [-0.15, -0.1) is 0 Å². The lowest BCUT2D eigenvalue weighted by Crippen LogP contribution is -2.23. The number of benzene rings is 2. The molecule has 5 heteroatoms. The molecule has 0 aromatic heterocycles. The molecule has 2 rings (SSSR count). The molecule has 0 radical (unpaired) electrons. The first-order valence-corrected chi connectivity index (χ1v) is 7.99. The monoisotopic (exact) mass is 333 g/mol. The number of rotatable bonds is 8. The highest BCUT2D eigenvalue weighted by atomic mass is 19.1. The van der Waals surface area contributed by atoms with Gasteiger partial charge >= 0.3 is 0 Å². The second-order valence-electron chi connectivity index (χ2n) is 5.61. The quantitative estimate of drug-likeness (QED) is 0.775. The Bertz CT molecular complexity index is 663. The third-order valence-corrected chi connectivity index (χ3v) is 3.91. The van der Waals surface area contributed by atoms with Gasteiger partial charge in [-0.2, -0.15) is 0 Å². The van der Waals surface area contributed by atoms with Gasteiger partial charge in [0, 0.05) is 17.6 Å². The predicted octanol–water partition coefficient (Wildman–Crippen LogP) is 3.62. The molecule has 0 saturated carbocycles. The van der Waals surface area contributed by atoms with E-state index in [0.717, 1.165) is 5.56 Å². The van der Waals surface area contributed by atoms with Crippen LogP contribution in [0.2, 0.25) is 0 Å². The highest BCUT2D eigenvalue weighted by Gasteiger charge is 2.15. The van der Waals surface area contributed by atoms with E-state index in [1.54, 1.807) is 19.2 Å². The van der Waals surface area contributed by atoms with Crippen LogP contribution in [0.15, 0.2) is 42.5 Å². The lowest BCUT2D eigenvalue weighted by molar-refractivity contribution is 0.196. The van der Waals surface area contributed by atoms with Crippen molar-refractivity contribution in [1.82, 2.24) is 5.32 Å². The Morgan fingerprint density at radius 3 is 2.50 bits per heavy atom. The van der Waals surface area contributed by atoms with Crippen LogP contribution in [0.5, 0.6) is 11.5 Å². The van der Waals surface area contributed by atoms with Crippen LogP contribution in [0.4, 0.5) is 4.39 Å². The summed E-state index contributed by atoms with van der Waals surface area (Å²) in [4.78, 5) is 0. The minimum atomic E-state index is -0.213. The van der Waals surface area contributed by atoms with E-state index in [0.29, 0.717) is 17.1 Å². The SMILES string of the molecule is COc1cc(C(C)NC(C)c2ccccc2F)ccc1OCCO. The molecule has 2 aromatic carbocycles. The second-order valence-corrected chi connectivity index (χ2v) is 5.61. The maximum Gasteiger partial charge on any atom is 0.161 e. The standard InChI is InChI=1S/C19H24FNO3/c1-13(21-14(2)16-6-4-5-7-17(16)20)15-8-9-18(24-11-10-22)19(12-15)23-3/h4-9,12-14,21-22H,10-11H2,1-3H3. The fourth-order valence-electron chi connectivity index (χ4n) is 2.62. The molecule has 0 aliphatic carbocycles. The van der Waals surface area contributed by atoms with Gasteiger partial charge in [0.05, 0.1) is 13.7 Å². The first-order chi connectivity index (χ1) is 11.6. The van der Waals surface area contributed by atoms with Gasteiger partial charge in [0.15, 0.2) is 11.5 Å². The van der Waals surface area contributed by atoms with E-state index in [1.807, 2.05) is 38.1 Å². The Kier molecular flexibility index (Phi) is 6.58. The van der Waals surface area contributed by atoms with Gasteiger partial charge in [0.25, 0.3) is 0 Å². The average molecular weight is 333 g/mol. The Balaban J connectivity index is 2.11. The van der Waals surface area contributed by atoms with Crippen molar-refractivity contribution in [2.75, 3.05) is 20.3 Å².